The zero-order chi connectivity index (χ0) is 77.2. The highest BCUT2D eigenvalue weighted by Gasteiger charge is 2.38. The van der Waals surface area contributed by atoms with Gasteiger partial charge in [-0.25, -0.2) is 0 Å². The number of nitrogens with one attached hydrogen (secondary N) is 15. The van der Waals surface area contributed by atoms with E-state index in [2.05, 4.69) is 79.8 Å². The minimum absolute atomic E-state index is 0.0706. The number of unbranched alkanes of at least 4 members (excludes halogenated alkanes) is 1. The normalized spacial score (nSPS) is 21.6. The van der Waals surface area contributed by atoms with Crippen molar-refractivity contribution in [3.63, 3.8) is 0 Å². The number of carbonyl (C=O) groups is 11. The number of hydrogen-bond acceptors (Lipinski definition) is 26. The molecule has 0 aromatic heterocycles. The third-order valence-corrected chi connectivity index (χ3v) is 17.1. The Balaban J connectivity index is 4.24. The lowest BCUT2D eigenvalue weighted by Crippen LogP contribution is -2.62. The van der Waals surface area contributed by atoms with E-state index in [-0.39, 0.29) is 51.7 Å². The Labute approximate surface area is 588 Å². The minimum Gasteiger partial charge on any atom is -0.391 e. The molecule has 1 aliphatic rings. The first-order valence-corrected chi connectivity index (χ1v) is 39.2. The molecule has 0 aromatic carbocycles. The lowest BCUT2D eigenvalue weighted by molar-refractivity contribution is -0.137. The van der Waals surface area contributed by atoms with E-state index in [1.54, 1.807) is 27.7 Å². The van der Waals surface area contributed by atoms with Crippen molar-refractivity contribution in [2.24, 2.45) is 23.5 Å². The molecule has 0 aliphatic carbocycles. The second-order valence-electron chi connectivity index (χ2n) is 25.6. The number of aliphatic hydroxyl groups excluding tert-OH is 2. The van der Waals surface area contributed by atoms with E-state index in [1.807, 2.05) is 13.8 Å². The highest BCUT2D eigenvalue weighted by atomic mass is 32.2. The van der Waals surface area contributed by atoms with Crippen molar-refractivity contribution in [3.05, 3.63) is 0 Å². The summed E-state index contributed by atoms with van der Waals surface area (Å²) < 4.78 is 130. The molecule has 41 nitrogen and oxygen atoms in total. The van der Waals surface area contributed by atoms with Crippen molar-refractivity contribution in [3.8, 4) is 0 Å². The number of rotatable bonds is 40. The Morgan fingerprint density at radius 3 is 1.27 bits per heavy atom. The number of aliphatic hydroxyl groups is 2. The number of nitrogens with two attached hydrogens (primary N) is 1. The molecule has 0 saturated carbocycles. The maximum Gasteiger partial charge on any atom is 0.278 e. The molecule has 0 radical (unpaired) electrons. The Bertz CT molecular complexity index is 3200. The van der Waals surface area contributed by atoms with Crippen LogP contribution >= 0.6 is 0 Å². The largest absolute Gasteiger partial charge is 0.391 e. The van der Waals surface area contributed by atoms with E-state index in [9.17, 15) is 115 Å². The van der Waals surface area contributed by atoms with E-state index in [0.717, 1.165) is 20.3 Å². The van der Waals surface area contributed by atoms with Gasteiger partial charge in [0.25, 0.3) is 40.5 Å². The van der Waals surface area contributed by atoms with Gasteiger partial charge in [0.05, 0.1) is 12.2 Å². The molecule has 45 heteroatoms. The molecule has 23 N–H and O–H groups in total. The quantitative estimate of drug-likeness (QED) is 0.0200. The number of amides is 11. The van der Waals surface area contributed by atoms with Gasteiger partial charge in [-0.05, 0) is 122 Å². The van der Waals surface area contributed by atoms with Crippen molar-refractivity contribution in [1.29, 1.82) is 0 Å². The van der Waals surface area contributed by atoms with E-state index in [1.165, 1.54) is 0 Å². The van der Waals surface area contributed by atoms with Crippen LogP contribution in [0, 0.1) is 17.8 Å². The molecule has 101 heavy (non-hydrogen) atoms. The molecule has 12 atom stereocenters. The van der Waals surface area contributed by atoms with Gasteiger partial charge < -0.3 is 95.7 Å². The second kappa shape index (κ2) is 45.6. The molecule has 0 aromatic rings. The molecule has 584 valence electrons. The van der Waals surface area contributed by atoms with Crippen molar-refractivity contribution in [2.75, 3.05) is 62.8 Å². The van der Waals surface area contributed by atoms with Crippen LogP contribution < -0.4 is 85.5 Å². The summed E-state index contributed by atoms with van der Waals surface area (Å²) in [5.41, 5.74) is 5.82. The molecule has 11 amide bonds. The fraction of sp³-hybridized carbons (Fsp3) is 0.804. The summed E-state index contributed by atoms with van der Waals surface area (Å²) in [4.78, 5) is 157. The maximum atomic E-state index is 14.8. The molecule has 1 heterocycles. The van der Waals surface area contributed by atoms with Crippen molar-refractivity contribution >= 4 is 105 Å². The smallest absolute Gasteiger partial charge is 0.278 e. The molecule has 0 bridgehead atoms. The van der Waals surface area contributed by atoms with Crippen LogP contribution in [0.15, 0.2) is 0 Å². The van der Waals surface area contributed by atoms with Gasteiger partial charge in [0.15, 0.2) is 0 Å². The van der Waals surface area contributed by atoms with E-state index < -0.39 is 259 Å². The van der Waals surface area contributed by atoms with Gasteiger partial charge in [0.1, 0.15) is 83.9 Å². The minimum atomic E-state index is -4.74. The van der Waals surface area contributed by atoms with Gasteiger partial charge in [0, 0.05) is 13.0 Å². The highest BCUT2D eigenvalue weighted by molar-refractivity contribution is 7.86. The predicted molar refractivity (Wildman–Crippen MR) is 362 cm³/mol. The molecule has 1 fully saturated rings. The third kappa shape index (κ3) is 41.4. The topological polar surface area (TPSA) is 652 Å². The lowest BCUT2D eigenvalue weighted by atomic mass is 9.99. The summed E-state index contributed by atoms with van der Waals surface area (Å²) in [6.45, 7) is 9.84. The van der Waals surface area contributed by atoms with Gasteiger partial charge in [-0.3, -0.25) is 71.0 Å². The van der Waals surface area contributed by atoms with Crippen molar-refractivity contribution in [2.45, 2.75) is 205 Å². The van der Waals surface area contributed by atoms with Crippen LogP contribution in [0.5, 0.6) is 0 Å². The first kappa shape index (κ1) is 92.5. The molecule has 1 rings (SSSR count). The van der Waals surface area contributed by atoms with Crippen LogP contribution in [0.3, 0.4) is 0 Å². The summed E-state index contributed by atoms with van der Waals surface area (Å²) in [6.07, 6.45) is -5.35. The third-order valence-electron chi connectivity index (χ3n) is 14.8. The Morgan fingerprint density at radius 2 is 0.861 bits per heavy atom. The molecule has 1 unspecified atom stereocenters. The average Bonchev–Trinajstić information content (AvgIpc) is 1.04. The summed E-state index contributed by atoms with van der Waals surface area (Å²) in [5, 5.41) is 57.7. The first-order chi connectivity index (χ1) is 46.7. The van der Waals surface area contributed by atoms with Crippen LogP contribution in [0.1, 0.15) is 132 Å². The zero-order valence-corrected chi connectivity index (χ0v) is 61.1. The predicted octanol–water partition coefficient (Wildman–Crippen LogP) is -7.93. The molecule has 0 spiro atoms. The van der Waals surface area contributed by atoms with E-state index in [0.29, 0.717) is 18.8 Å². The summed E-state index contributed by atoms with van der Waals surface area (Å²) in [7, 11) is -18.6. The van der Waals surface area contributed by atoms with E-state index in [4.69, 9.17) is 5.73 Å². The van der Waals surface area contributed by atoms with Crippen LogP contribution in [0.2, 0.25) is 0 Å². The lowest BCUT2D eigenvalue weighted by Gasteiger charge is -2.29. The van der Waals surface area contributed by atoms with E-state index >= 15 is 0 Å². The average molecular weight is 1530 g/mol. The number of hydrogen-bond donors (Lipinski definition) is 22. The SMILES string of the molecule is CC(C)CCCCC(=O)N[C@@H](CCNCS(=O)(=O)O)C(=O)N[C@H](C(=O)NC(CCNCS(=O)(=O)O)C(=O)N[C@H]1CCNC(=O)[C@H]([C@@H](C)O)NC(=O)[C@H](CCN)NC(=O)[C@H](CCNCS(=O)(=O)O)NC(=O)[C@H](CC(C)C)NC(=O)[C@@H](CC(C)C)NC(=O)[C@H](CCNCS(=O)(=O)O)NC1=O)[C@@H](C)O. The first-order valence-electron chi connectivity index (χ1n) is 32.7. The van der Waals surface area contributed by atoms with Crippen LogP contribution in [0.4, 0.5) is 0 Å². The van der Waals surface area contributed by atoms with Crippen molar-refractivity contribution < 1.29 is 115 Å². The van der Waals surface area contributed by atoms with Gasteiger partial charge >= 0.3 is 0 Å². The standard InChI is InChI=1S/C56H106N16O25S4/c1-31(2)11-9-10-12-44(75)63-37(14-20-58-27-98(86,87)88)52(81)72-46(35(8)74)56(85)68-40(17-23-61-30-101(95,96)97)48(77)66-41-18-24-62-55(84)45(34(7)73)71-51(80)36(13-19-57)64-47(76)38(15-21-59-28-99(89,90)91)67-53(82)42(25-32(3)4)70-54(83)43(26-33(5)6)69-50(79)39(65-49(41)78)16-22-60-29-100(92,93)94/h31-43,45-46,58-61,73-74H,9-30,57H2,1-8H3,(H,62,84)(H,63,75)(H,64,76)(H,65,78)(H,66,77)(H,67,82)(H,68,85)(H,69,79)(H,70,83)(H,71,80)(H,72,81)(H,86,87,88)(H,89,90,91)(H,92,93,94)(H,95,96,97)/t34-,35-,36+,37+,38+,39+,40?,41+,42+,43-,45+,46+/m1/s1. The zero-order valence-electron chi connectivity index (χ0n) is 57.9. The fourth-order valence-corrected chi connectivity index (χ4v) is 11.4. The van der Waals surface area contributed by atoms with Crippen molar-refractivity contribution in [1.82, 2.24) is 79.8 Å². The Hall–Kier alpha value is -6.47. The van der Waals surface area contributed by atoms with Gasteiger partial charge in [0.2, 0.25) is 65.0 Å². The molecular weight excluding hydrogens is 1420 g/mol. The monoisotopic (exact) mass is 1530 g/mol. The maximum absolute atomic E-state index is 14.8. The van der Waals surface area contributed by atoms with Gasteiger partial charge in [-0.1, -0.05) is 54.4 Å². The molecule has 1 aliphatic heterocycles. The summed E-state index contributed by atoms with van der Waals surface area (Å²) in [6, 6.07) is -17.7. The second-order valence-corrected chi connectivity index (χ2v) is 31.4. The highest BCUT2D eigenvalue weighted by Crippen LogP contribution is 2.13. The summed E-state index contributed by atoms with van der Waals surface area (Å²) in [5.74, 6) is -17.1. The summed E-state index contributed by atoms with van der Waals surface area (Å²) >= 11 is 0. The Kier molecular flexibility index (Phi) is 41.8. The fourth-order valence-electron chi connectivity index (χ4n) is 9.74. The van der Waals surface area contributed by atoms with Crippen LogP contribution in [-0.2, 0) is 93.2 Å². The van der Waals surface area contributed by atoms with Gasteiger partial charge in [-0.2, -0.15) is 33.7 Å². The Morgan fingerprint density at radius 1 is 0.465 bits per heavy atom. The van der Waals surface area contributed by atoms with Crippen LogP contribution in [0.25, 0.3) is 0 Å². The number of carbonyl (C=O) groups excluding carboxylic acids is 11. The van der Waals surface area contributed by atoms with Crippen LogP contribution in [-0.4, -0.2) is 262 Å². The van der Waals surface area contributed by atoms with Gasteiger partial charge in [-0.15, -0.1) is 0 Å². The molecule has 1 saturated heterocycles. The molecular formula is C56H106N16O25S4.